The normalized spacial score (nSPS) is 12.6. The second-order valence-corrected chi connectivity index (χ2v) is 5.76. The molecule has 0 aromatic heterocycles. The van der Waals surface area contributed by atoms with Gasteiger partial charge in [-0.2, -0.15) is 5.26 Å². The average molecular weight is 366 g/mol. The Morgan fingerprint density at radius 2 is 1.93 bits per heavy atom. The Kier molecular flexibility index (Phi) is 5.90. The SMILES string of the molecule is N#Cc1ccc(OCCOC(=O)CCN2C(=O)COc3ccccc32)cc1. The number of esters is 1. The van der Waals surface area contributed by atoms with E-state index in [9.17, 15) is 9.59 Å². The highest BCUT2D eigenvalue weighted by molar-refractivity contribution is 5.98. The number of fused-ring (bicyclic) bond motifs is 1. The van der Waals surface area contributed by atoms with Gasteiger partial charge in [0.05, 0.1) is 23.7 Å². The first kappa shape index (κ1) is 18.3. The number of carbonyl (C=O) groups is 2. The molecule has 0 fully saturated rings. The van der Waals surface area contributed by atoms with Crippen LogP contribution in [0.25, 0.3) is 0 Å². The molecule has 0 bridgehead atoms. The summed E-state index contributed by atoms with van der Waals surface area (Å²) in [5.41, 5.74) is 1.21. The van der Waals surface area contributed by atoms with Crippen LogP contribution in [0, 0.1) is 11.3 Å². The number of anilines is 1. The Morgan fingerprint density at radius 3 is 2.70 bits per heavy atom. The Hall–Kier alpha value is -3.53. The molecular weight excluding hydrogens is 348 g/mol. The van der Waals surface area contributed by atoms with Gasteiger partial charge in [0.1, 0.15) is 24.7 Å². The van der Waals surface area contributed by atoms with Gasteiger partial charge in [-0.25, -0.2) is 0 Å². The van der Waals surface area contributed by atoms with Gasteiger partial charge in [0.25, 0.3) is 5.91 Å². The Morgan fingerprint density at radius 1 is 1.15 bits per heavy atom. The predicted molar refractivity (Wildman–Crippen MR) is 96.5 cm³/mol. The summed E-state index contributed by atoms with van der Waals surface area (Å²) in [6, 6.07) is 15.9. The molecule has 1 heterocycles. The van der Waals surface area contributed by atoms with Crippen LogP contribution in [-0.4, -0.2) is 38.2 Å². The number of hydrogen-bond acceptors (Lipinski definition) is 6. The first-order chi connectivity index (χ1) is 13.2. The Balaban J connectivity index is 1.41. The molecule has 138 valence electrons. The summed E-state index contributed by atoms with van der Waals surface area (Å²) in [6.07, 6.45) is 0.0803. The second kappa shape index (κ2) is 8.72. The summed E-state index contributed by atoms with van der Waals surface area (Å²) < 4.78 is 16.0. The molecule has 0 N–H and O–H groups in total. The molecule has 7 nitrogen and oxygen atoms in total. The van der Waals surface area contributed by atoms with Crippen LogP contribution < -0.4 is 14.4 Å². The molecule has 0 spiro atoms. The van der Waals surface area contributed by atoms with Crippen molar-refractivity contribution in [1.29, 1.82) is 5.26 Å². The maximum atomic E-state index is 12.0. The fourth-order valence-corrected chi connectivity index (χ4v) is 2.62. The van der Waals surface area contributed by atoms with Crippen molar-refractivity contribution in [2.75, 3.05) is 31.3 Å². The lowest BCUT2D eigenvalue weighted by atomic mass is 10.2. The molecule has 27 heavy (non-hydrogen) atoms. The minimum absolute atomic E-state index is 0.0372. The highest BCUT2D eigenvalue weighted by atomic mass is 16.6. The van der Waals surface area contributed by atoms with Crippen LogP contribution in [0.15, 0.2) is 48.5 Å². The van der Waals surface area contributed by atoms with Crippen molar-refractivity contribution in [3.63, 3.8) is 0 Å². The average Bonchev–Trinajstić information content (AvgIpc) is 2.71. The molecule has 0 aliphatic carbocycles. The third-order valence-corrected chi connectivity index (χ3v) is 3.95. The van der Waals surface area contributed by atoms with Gasteiger partial charge >= 0.3 is 5.97 Å². The van der Waals surface area contributed by atoms with E-state index in [1.807, 2.05) is 18.2 Å². The van der Waals surface area contributed by atoms with Gasteiger partial charge in [-0.15, -0.1) is 0 Å². The van der Waals surface area contributed by atoms with Crippen molar-refractivity contribution in [2.24, 2.45) is 0 Å². The molecule has 2 aromatic carbocycles. The fourth-order valence-electron chi connectivity index (χ4n) is 2.62. The van der Waals surface area contributed by atoms with E-state index in [-0.39, 0.29) is 38.7 Å². The monoisotopic (exact) mass is 366 g/mol. The van der Waals surface area contributed by atoms with E-state index >= 15 is 0 Å². The van der Waals surface area contributed by atoms with Gasteiger partial charge in [0.2, 0.25) is 0 Å². The lowest BCUT2D eigenvalue weighted by Crippen LogP contribution is -2.40. The number of nitrogens with zero attached hydrogens (tertiary/aromatic N) is 2. The number of carbonyl (C=O) groups excluding carboxylic acids is 2. The lowest BCUT2D eigenvalue weighted by Gasteiger charge is -2.28. The zero-order valence-corrected chi connectivity index (χ0v) is 14.6. The number of para-hydroxylation sites is 2. The van der Waals surface area contributed by atoms with E-state index in [0.717, 1.165) is 0 Å². The third kappa shape index (κ3) is 4.76. The summed E-state index contributed by atoms with van der Waals surface area (Å²) in [6.45, 7) is 0.502. The molecular formula is C20H18N2O5. The molecule has 2 aromatic rings. The first-order valence-corrected chi connectivity index (χ1v) is 8.48. The van der Waals surface area contributed by atoms with Crippen molar-refractivity contribution in [3.05, 3.63) is 54.1 Å². The zero-order valence-electron chi connectivity index (χ0n) is 14.6. The molecule has 1 aliphatic heterocycles. The van der Waals surface area contributed by atoms with Crippen LogP contribution >= 0.6 is 0 Å². The van der Waals surface area contributed by atoms with Crippen LogP contribution in [0.1, 0.15) is 12.0 Å². The summed E-state index contributed by atoms with van der Waals surface area (Å²) in [5.74, 6) is 0.628. The number of ether oxygens (including phenoxy) is 3. The third-order valence-electron chi connectivity index (χ3n) is 3.95. The van der Waals surface area contributed by atoms with E-state index in [1.165, 1.54) is 4.90 Å². The minimum Gasteiger partial charge on any atom is -0.490 e. The van der Waals surface area contributed by atoms with Crippen LogP contribution in [0.4, 0.5) is 5.69 Å². The summed E-state index contributed by atoms with van der Waals surface area (Å²) in [5, 5.41) is 8.74. The van der Waals surface area contributed by atoms with Crippen molar-refractivity contribution < 1.29 is 23.8 Å². The van der Waals surface area contributed by atoms with Gasteiger partial charge in [-0.1, -0.05) is 12.1 Å². The number of benzene rings is 2. The van der Waals surface area contributed by atoms with Crippen LogP contribution in [0.2, 0.25) is 0 Å². The lowest BCUT2D eigenvalue weighted by molar-refractivity contribution is -0.144. The zero-order chi connectivity index (χ0) is 19.1. The van der Waals surface area contributed by atoms with Crippen molar-refractivity contribution in [2.45, 2.75) is 6.42 Å². The smallest absolute Gasteiger partial charge is 0.307 e. The van der Waals surface area contributed by atoms with Crippen LogP contribution in [0.3, 0.4) is 0 Å². The first-order valence-electron chi connectivity index (χ1n) is 8.48. The fraction of sp³-hybridized carbons (Fsp3) is 0.250. The van der Waals surface area contributed by atoms with Crippen LogP contribution in [0.5, 0.6) is 11.5 Å². The van der Waals surface area contributed by atoms with Crippen LogP contribution in [-0.2, 0) is 14.3 Å². The molecule has 1 aliphatic rings. The molecule has 0 unspecified atom stereocenters. The Labute approximate surface area is 156 Å². The van der Waals surface area contributed by atoms with Gasteiger partial charge in [0, 0.05) is 6.54 Å². The standard InChI is InChI=1S/C20H18N2O5/c21-13-15-5-7-16(8-6-15)25-11-12-26-20(24)9-10-22-17-3-1-2-4-18(17)27-14-19(22)23/h1-8H,9-12,14H2. The maximum absolute atomic E-state index is 12.0. The molecule has 0 saturated heterocycles. The van der Waals surface area contributed by atoms with E-state index in [4.69, 9.17) is 19.5 Å². The molecule has 1 amide bonds. The van der Waals surface area contributed by atoms with Gasteiger partial charge in [0.15, 0.2) is 6.61 Å². The van der Waals surface area contributed by atoms with E-state index < -0.39 is 5.97 Å². The molecule has 3 rings (SSSR count). The molecule has 0 radical (unpaired) electrons. The highest BCUT2D eigenvalue weighted by Gasteiger charge is 2.25. The molecule has 7 heteroatoms. The minimum atomic E-state index is -0.407. The summed E-state index contributed by atoms with van der Waals surface area (Å²) in [4.78, 5) is 25.5. The predicted octanol–water partition coefficient (Wildman–Crippen LogP) is 2.30. The Bertz CT molecular complexity index is 857. The van der Waals surface area contributed by atoms with E-state index in [0.29, 0.717) is 22.7 Å². The van der Waals surface area contributed by atoms with Crippen molar-refractivity contribution in [3.8, 4) is 17.6 Å². The molecule has 0 saturated carbocycles. The summed E-state index contributed by atoms with van der Waals surface area (Å²) >= 11 is 0. The van der Waals surface area contributed by atoms with Gasteiger partial charge < -0.3 is 19.1 Å². The maximum Gasteiger partial charge on any atom is 0.307 e. The number of rotatable bonds is 7. The topological polar surface area (TPSA) is 88.9 Å². The largest absolute Gasteiger partial charge is 0.490 e. The van der Waals surface area contributed by atoms with Crippen molar-refractivity contribution in [1.82, 2.24) is 0 Å². The van der Waals surface area contributed by atoms with Crippen molar-refractivity contribution >= 4 is 17.6 Å². The van der Waals surface area contributed by atoms with Gasteiger partial charge in [-0.05, 0) is 36.4 Å². The molecule has 0 atom stereocenters. The van der Waals surface area contributed by atoms with E-state index in [1.54, 1.807) is 36.4 Å². The second-order valence-electron chi connectivity index (χ2n) is 5.76. The number of amides is 1. The number of nitriles is 1. The summed E-state index contributed by atoms with van der Waals surface area (Å²) in [7, 11) is 0. The van der Waals surface area contributed by atoms with Gasteiger partial charge in [-0.3, -0.25) is 9.59 Å². The number of hydrogen-bond donors (Lipinski definition) is 0. The van der Waals surface area contributed by atoms with E-state index in [2.05, 4.69) is 0 Å². The quantitative estimate of drug-likeness (QED) is 0.552. The highest BCUT2D eigenvalue weighted by Crippen LogP contribution is 2.31.